The van der Waals surface area contributed by atoms with Gasteiger partial charge >= 0.3 is 0 Å². The van der Waals surface area contributed by atoms with E-state index in [1.165, 1.54) is 0 Å². The third-order valence-electron chi connectivity index (χ3n) is 1.67. The van der Waals surface area contributed by atoms with Crippen LogP contribution in [0.2, 0.25) is 0 Å². The Bertz CT molecular complexity index is 347. The molecule has 0 aliphatic carbocycles. The molecule has 0 aromatic heterocycles. The molecule has 2 atom stereocenters. The Morgan fingerprint density at radius 3 is 1.33 bits per heavy atom. The van der Waals surface area contributed by atoms with Gasteiger partial charge in [-0.1, -0.05) is 0 Å². The van der Waals surface area contributed by atoms with E-state index in [4.69, 9.17) is 0 Å². The number of hydrogen-bond acceptors (Lipinski definition) is 5. The second-order valence-electron chi connectivity index (χ2n) is 4.15. The van der Waals surface area contributed by atoms with Crippen LogP contribution in [0.1, 0.15) is 13.8 Å². The highest BCUT2D eigenvalue weighted by atomic mass is 32.2. The van der Waals surface area contributed by atoms with Gasteiger partial charge in [-0.2, -0.15) is 0 Å². The smallest absolute Gasteiger partial charge is 0.148 e. The van der Waals surface area contributed by atoms with Crippen molar-refractivity contribution in [2.24, 2.45) is 0 Å². The van der Waals surface area contributed by atoms with Gasteiger partial charge in [-0.25, -0.2) is 16.8 Å². The third-order valence-corrected chi connectivity index (χ3v) is 3.89. The maximum atomic E-state index is 11.0. The second-order valence-corrected chi connectivity index (χ2v) is 8.52. The minimum atomic E-state index is -3.02. The molecule has 5 nitrogen and oxygen atoms in total. The lowest BCUT2D eigenvalue weighted by Crippen LogP contribution is -2.42. The van der Waals surface area contributed by atoms with Crippen molar-refractivity contribution in [3.05, 3.63) is 0 Å². The van der Waals surface area contributed by atoms with Crippen molar-refractivity contribution in [1.82, 2.24) is 5.32 Å². The van der Waals surface area contributed by atoms with Crippen molar-refractivity contribution >= 4 is 19.7 Å². The summed E-state index contributed by atoms with van der Waals surface area (Å²) in [4.78, 5) is 0. The predicted octanol–water partition coefficient (Wildman–Crippen LogP) is -0.558. The molecule has 2 unspecified atom stereocenters. The SMILES string of the molecule is CC(CS(C)(=O)=O)NC(C)CS(C)(=O)=O. The first kappa shape index (κ1) is 14.9. The molecule has 0 amide bonds. The van der Waals surface area contributed by atoms with E-state index in [9.17, 15) is 16.8 Å². The van der Waals surface area contributed by atoms with E-state index >= 15 is 0 Å². The van der Waals surface area contributed by atoms with Gasteiger partial charge in [0.15, 0.2) is 0 Å². The van der Waals surface area contributed by atoms with Gasteiger partial charge in [0.2, 0.25) is 0 Å². The highest BCUT2D eigenvalue weighted by Gasteiger charge is 2.15. The first-order chi connectivity index (χ1) is 6.49. The van der Waals surface area contributed by atoms with E-state index in [0.717, 1.165) is 12.5 Å². The van der Waals surface area contributed by atoms with Crippen LogP contribution in [-0.2, 0) is 19.7 Å². The van der Waals surface area contributed by atoms with Gasteiger partial charge in [0.05, 0.1) is 11.5 Å². The van der Waals surface area contributed by atoms with E-state index < -0.39 is 19.7 Å². The molecular weight excluding hydrogens is 238 g/mol. The summed E-state index contributed by atoms with van der Waals surface area (Å²) in [5.41, 5.74) is 0. The molecule has 0 saturated heterocycles. The molecule has 0 bridgehead atoms. The fraction of sp³-hybridized carbons (Fsp3) is 1.00. The number of rotatable bonds is 6. The van der Waals surface area contributed by atoms with Crippen LogP contribution in [0.3, 0.4) is 0 Å². The van der Waals surface area contributed by atoms with Gasteiger partial charge in [0.25, 0.3) is 0 Å². The summed E-state index contributed by atoms with van der Waals surface area (Å²) in [5, 5.41) is 2.93. The number of nitrogens with one attached hydrogen (secondary N) is 1. The molecule has 0 aliphatic heterocycles. The fourth-order valence-corrected chi connectivity index (χ4v) is 3.50. The first-order valence-electron chi connectivity index (χ1n) is 4.61. The zero-order chi connectivity index (χ0) is 12.3. The largest absolute Gasteiger partial charge is 0.310 e. The van der Waals surface area contributed by atoms with Crippen LogP contribution in [0, 0.1) is 0 Å². The molecule has 0 saturated carbocycles. The summed E-state index contributed by atoms with van der Waals surface area (Å²) in [6.07, 6.45) is 2.32. The van der Waals surface area contributed by atoms with Gasteiger partial charge < -0.3 is 5.32 Å². The van der Waals surface area contributed by atoms with Crippen molar-refractivity contribution < 1.29 is 16.8 Å². The Kier molecular flexibility index (Phi) is 5.22. The summed E-state index contributed by atoms with van der Waals surface area (Å²) >= 11 is 0. The molecular formula is C8H19NO4S2. The summed E-state index contributed by atoms with van der Waals surface area (Å²) in [5.74, 6) is 0.0300. The zero-order valence-electron chi connectivity index (χ0n) is 9.52. The molecule has 0 aromatic rings. The summed E-state index contributed by atoms with van der Waals surface area (Å²) in [6, 6.07) is -0.478. The van der Waals surface area contributed by atoms with Gasteiger partial charge in [-0.15, -0.1) is 0 Å². The Labute approximate surface area is 92.1 Å². The summed E-state index contributed by atoms with van der Waals surface area (Å²) in [7, 11) is -6.05. The van der Waals surface area contributed by atoms with E-state index in [0.29, 0.717) is 0 Å². The monoisotopic (exact) mass is 257 g/mol. The van der Waals surface area contributed by atoms with Crippen LogP contribution in [0.4, 0.5) is 0 Å². The van der Waals surface area contributed by atoms with Gasteiger partial charge in [0, 0.05) is 24.6 Å². The van der Waals surface area contributed by atoms with E-state index in [-0.39, 0.29) is 23.6 Å². The lowest BCUT2D eigenvalue weighted by Gasteiger charge is -2.18. The molecule has 1 N–H and O–H groups in total. The van der Waals surface area contributed by atoms with E-state index in [1.807, 2.05) is 0 Å². The van der Waals surface area contributed by atoms with Crippen molar-refractivity contribution in [2.75, 3.05) is 24.0 Å². The van der Waals surface area contributed by atoms with Gasteiger partial charge in [-0.05, 0) is 13.8 Å². The average molecular weight is 257 g/mol. The molecule has 7 heteroatoms. The predicted molar refractivity (Wildman–Crippen MR) is 61.5 cm³/mol. The fourth-order valence-electron chi connectivity index (χ4n) is 1.49. The van der Waals surface area contributed by atoms with Crippen molar-refractivity contribution in [3.8, 4) is 0 Å². The van der Waals surface area contributed by atoms with Crippen molar-refractivity contribution in [1.29, 1.82) is 0 Å². The van der Waals surface area contributed by atoms with Crippen LogP contribution in [-0.4, -0.2) is 52.9 Å². The summed E-state index contributed by atoms with van der Waals surface area (Å²) in [6.45, 7) is 3.44. The topological polar surface area (TPSA) is 80.3 Å². The molecule has 0 aromatic carbocycles. The average Bonchev–Trinajstić information content (AvgIpc) is 1.73. The van der Waals surface area contributed by atoms with E-state index in [1.54, 1.807) is 13.8 Å². The standard InChI is InChI=1S/C8H19NO4S2/c1-7(5-14(3,10)11)9-8(2)6-15(4,12)13/h7-9H,5-6H2,1-4H3. The van der Waals surface area contributed by atoms with Crippen LogP contribution in [0.25, 0.3) is 0 Å². The minimum absolute atomic E-state index is 0.0150. The highest BCUT2D eigenvalue weighted by Crippen LogP contribution is 1.95. The minimum Gasteiger partial charge on any atom is -0.310 e. The van der Waals surface area contributed by atoms with Gasteiger partial charge in [-0.3, -0.25) is 0 Å². The molecule has 0 rings (SSSR count). The molecule has 15 heavy (non-hydrogen) atoms. The molecule has 0 aliphatic rings. The normalized spacial score (nSPS) is 17.3. The molecule has 92 valence electrons. The van der Waals surface area contributed by atoms with Crippen LogP contribution < -0.4 is 5.32 Å². The zero-order valence-corrected chi connectivity index (χ0v) is 11.2. The molecule has 0 radical (unpaired) electrons. The molecule has 0 spiro atoms. The number of sulfone groups is 2. The van der Waals surface area contributed by atoms with Crippen molar-refractivity contribution in [3.63, 3.8) is 0 Å². The Balaban J connectivity index is 4.14. The maximum Gasteiger partial charge on any atom is 0.148 e. The quantitative estimate of drug-likeness (QED) is 0.690. The van der Waals surface area contributed by atoms with Crippen molar-refractivity contribution in [2.45, 2.75) is 25.9 Å². The Hall–Kier alpha value is -0.140. The first-order valence-corrected chi connectivity index (χ1v) is 8.73. The van der Waals surface area contributed by atoms with E-state index in [2.05, 4.69) is 5.32 Å². The third kappa shape index (κ3) is 10.1. The molecule has 0 fully saturated rings. The second kappa shape index (κ2) is 5.27. The van der Waals surface area contributed by atoms with Gasteiger partial charge in [0.1, 0.15) is 19.7 Å². The Morgan fingerprint density at radius 2 is 1.13 bits per heavy atom. The summed E-state index contributed by atoms with van der Waals surface area (Å²) < 4.78 is 43.8. The molecule has 0 heterocycles. The maximum absolute atomic E-state index is 11.0. The van der Waals surface area contributed by atoms with Crippen LogP contribution in [0.5, 0.6) is 0 Å². The van der Waals surface area contributed by atoms with Crippen LogP contribution in [0.15, 0.2) is 0 Å². The number of hydrogen-bond donors (Lipinski definition) is 1. The lowest BCUT2D eigenvalue weighted by molar-refractivity contribution is 0.506. The highest BCUT2D eigenvalue weighted by molar-refractivity contribution is 7.91. The van der Waals surface area contributed by atoms with Crippen LogP contribution >= 0.6 is 0 Å². The Morgan fingerprint density at radius 1 is 0.867 bits per heavy atom. The lowest BCUT2D eigenvalue weighted by atomic mass is 10.3.